The fourth-order valence-corrected chi connectivity index (χ4v) is 2.51. The Morgan fingerprint density at radius 1 is 1.33 bits per heavy atom. The molecule has 1 aliphatic heterocycles. The lowest BCUT2D eigenvalue weighted by Gasteiger charge is -2.55. The van der Waals surface area contributed by atoms with Crippen LogP contribution in [0.2, 0.25) is 0 Å². The largest absolute Gasteiger partial charge is 0.380 e. The second-order valence-corrected chi connectivity index (χ2v) is 4.81. The normalized spacial score (nSPS) is 39.0. The van der Waals surface area contributed by atoms with Crippen molar-refractivity contribution in [1.29, 1.82) is 0 Å². The average Bonchev–Trinajstić information content (AvgIpc) is 1.80. The van der Waals surface area contributed by atoms with E-state index in [9.17, 15) is 0 Å². The Morgan fingerprint density at radius 3 is 2.17 bits per heavy atom. The van der Waals surface area contributed by atoms with Crippen LogP contribution < -0.4 is 5.73 Å². The predicted molar refractivity (Wildman–Crippen MR) is 48.8 cm³/mol. The quantitative estimate of drug-likeness (QED) is 0.678. The van der Waals surface area contributed by atoms with Crippen molar-refractivity contribution in [3.05, 3.63) is 0 Å². The monoisotopic (exact) mass is 169 g/mol. The summed E-state index contributed by atoms with van der Waals surface area (Å²) in [5.41, 5.74) is 6.30. The Morgan fingerprint density at radius 2 is 1.92 bits per heavy atom. The van der Waals surface area contributed by atoms with Crippen molar-refractivity contribution in [1.82, 2.24) is 0 Å². The van der Waals surface area contributed by atoms with Crippen molar-refractivity contribution in [2.45, 2.75) is 32.7 Å². The first kappa shape index (κ1) is 8.52. The summed E-state index contributed by atoms with van der Waals surface area (Å²) < 4.78 is 5.35. The van der Waals surface area contributed by atoms with Crippen LogP contribution in [0.25, 0.3) is 0 Å². The maximum Gasteiger partial charge on any atom is 0.0549 e. The summed E-state index contributed by atoms with van der Waals surface area (Å²) >= 11 is 0. The molecule has 0 unspecified atom stereocenters. The Kier molecular flexibility index (Phi) is 1.92. The van der Waals surface area contributed by atoms with Gasteiger partial charge in [0.2, 0.25) is 0 Å². The Labute approximate surface area is 74.5 Å². The van der Waals surface area contributed by atoms with Crippen LogP contribution >= 0.6 is 0 Å². The highest BCUT2D eigenvalue weighted by molar-refractivity contribution is 5.01. The van der Waals surface area contributed by atoms with Crippen molar-refractivity contribution in [2.75, 3.05) is 13.2 Å². The molecule has 2 nitrogen and oxygen atoms in total. The van der Waals surface area contributed by atoms with E-state index in [1.165, 1.54) is 12.8 Å². The van der Waals surface area contributed by atoms with Crippen LogP contribution in [0.3, 0.4) is 0 Å². The van der Waals surface area contributed by atoms with Crippen molar-refractivity contribution in [2.24, 2.45) is 23.0 Å². The van der Waals surface area contributed by atoms with E-state index in [1.807, 2.05) is 0 Å². The third-order valence-electron chi connectivity index (χ3n) is 3.88. The summed E-state index contributed by atoms with van der Waals surface area (Å²) in [5.74, 6) is 1.60. The molecule has 12 heavy (non-hydrogen) atoms. The Bertz CT molecular complexity index is 169. The molecule has 0 radical (unpaired) electrons. The van der Waals surface area contributed by atoms with Crippen LogP contribution in [0, 0.1) is 17.3 Å². The van der Waals surface area contributed by atoms with Crippen LogP contribution in [-0.4, -0.2) is 19.3 Å². The van der Waals surface area contributed by atoms with Crippen LogP contribution in [0.4, 0.5) is 0 Å². The van der Waals surface area contributed by atoms with Crippen molar-refractivity contribution < 1.29 is 4.74 Å². The Hall–Kier alpha value is -0.0800. The van der Waals surface area contributed by atoms with Crippen LogP contribution in [0.1, 0.15) is 26.7 Å². The van der Waals surface area contributed by atoms with E-state index in [0.29, 0.717) is 11.5 Å². The van der Waals surface area contributed by atoms with Gasteiger partial charge in [0.15, 0.2) is 0 Å². The number of ether oxygens (including phenoxy) is 1. The maximum absolute atomic E-state index is 5.80. The summed E-state index contributed by atoms with van der Waals surface area (Å²) in [6.45, 7) is 6.57. The summed E-state index contributed by atoms with van der Waals surface area (Å²) in [7, 11) is 0. The standard InChI is InChI=1S/C10H19NO/c1-7(2)10(5-12-6-10)8-3-9(11)4-8/h7-9H,3-6,11H2,1-2H3. The molecule has 0 spiro atoms. The molecule has 2 heteroatoms. The molecule has 0 amide bonds. The zero-order valence-electron chi connectivity index (χ0n) is 8.05. The van der Waals surface area contributed by atoms with Gasteiger partial charge in [0, 0.05) is 11.5 Å². The average molecular weight is 169 g/mol. The lowest BCUT2D eigenvalue weighted by atomic mass is 9.57. The summed E-state index contributed by atoms with van der Waals surface area (Å²) in [6.07, 6.45) is 2.45. The second kappa shape index (κ2) is 2.71. The van der Waals surface area contributed by atoms with E-state index in [4.69, 9.17) is 10.5 Å². The van der Waals surface area contributed by atoms with Crippen LogP contribution in [0.5, 0.6) is 0 Å². The van der Waals surface area contributed by atoms with E-state index in [1.54, 1.807) is 0 Å². The fourth-order valence-electron chi connectivity index (χ4n) is 2.51. The molecule has 0 bridgehead atoms. The molecule has 2 fully saturated rings. The first-order valence-corrected chi connectivity index (χ1v) is 4.98. The van der Waals surface area contributed by atoms with E-state index < -0.39 is 0 Å². The van der Waals surface area contributed by atoms with Gasteiger partial charge < -0.3 is 10.5 Å². The number of hydrogen-bond donors (Lipinski definition) is 1. The minimum atomic E-state index is 0.478. The first-order valence-electron chi connectivity index (χ1n) is 4.98. The lowest BCUT2D eigenvalue weighted by Crippen LogP contribution is -2.58. The SMILES string of the molecule is CC(C)C1(C2CC(N)C2)COC1. The van der Waals surface area contributed by atoms with Gasteiger partial charge in [-0.3, -0.25) is 0 Å². The van der Waals surface area contributed by atoms with E-state index in [2.05, 4.69) is 13.8 Å². The van der Waals surface area contributed by atoms with Gasteiger partial charge in [-0.1, -0.05) is 13.8 Å². The molecule has 2 aliphatic rings. The molecule has 0 atom stereocenters. The highest BCUT2D eigenvalue weighted by Gasteiger charge is 2.51. The molecule has 0 aromatic rings. The van der Waals surface area contributed by atoms with Gasteiger partial charge in [0.05, 0.1) is 13.2 Å². The van der Waals surface area contributed by atoms with Gasteiger partial charge in [0.1, 0.15) is 0 Å². The van der Waals surface area contributed by atoms with Crippen molar-refractivity contribution >= 4 is 0 Å². The van der Waals surface area contributed by atoms with Crippen molar-refractivity contribution in [3.63, 3.8) is 0 Å². The topological polar surface area (TPSA) is 35.2 Å². The molecular formula is C10H19NO. The minimum Gasteiger partial charge on any atom is -0.380 e. The van der Waals surface area contributed by atoms with Crippen LogP contribution in [0.15, 0.2) is 0 Å². The molecule has 1 heterocycles. The first-order chi connectivity index (χ1) is 5.65. The molecular weight excluding hydrogens is 150 g/mol. The highest BCUT2D eigenvalue weighted by atomic mass is 16.5. The zero-order valence-corrected chi connectivity index (χ0v) is 8.05. The van der Waals surface area contributed by atoms with Gasteiger partial charge in [0.25, 0.3) is 0 Å². The number of rotatable bonds is 2. The van der Waals surface area contributed by atoms with E-state index >= 15 is 0 Å². The zero-order chi connectivity index (χ0) is 8.77. The smallest absolute Gasteiger partial charge is 0.0549 e. The fraction of sp³-hybridized carbons (Fsp3) is 1.00. The summed E-state index contributed by atoms with van der Waals surface area (Å²) in [5, 5.41) is 0. The number of hydrogen-bond acceptors (Lipinski definition) is 2. The molecule has 0 aromatic heterocycles. The third kappa shape index (κ3) is 1.01. The van der Waals surface area contributed by atoms with E-state index in [0.717, 1.165) is 25.0 Å². The van der Waals surface area contributed by atoms with Crippen molar-refractivity contribution in [3.8, 4) is 0 Å². The molecule has 1 aliphatic carbocycles. The van der Waals surface area contributed by atoms with Gasteiger partial charge in [-0.25, -0.2) is 0 Å². The summed E-state index contributed by atoms with van der Waals surface area (Å²) in [4.78, 5) is 0. The molecule has 0 aromatic carbocycles. The predicted octanol–water partition coefficient (Wildman–Crippen LogP) is 1.40. The number of nitrogens with two attached hydrogens (primary N) is 1. The summed E-state index contributed by atoms with van der Waals surface area (Å²) in [6, 6.07) is 0.478. The van der Waals surface area contributed by atoms with Gasteiger partial charge >= 0.3 is 0 Å². The second-order valence-electron chi connectivity index (χ2n) is 4.81. The molecule has 1 saturated heterocycles. The molecule has 1 saturated carbocycles. The van der Waals surface area contributed by atoms with Gasteiger partial charge in [-0.2, -0.15) is 0 Å². The molecule has 2 rings (SSSR count). The Balaban J connectivity index is 1.99. The highest BCUT2D eigenvalue weighted by Crippen LogP contribution is 2.50. The van der Waals surface area contributed by atoms with Gasteiger partial charge in [-0.05, 0) is 24.7 Å². The third-order valence-corrected chi connectivity index (χ3v) is 3.88. The molecule has 70 valence electrons. The molecule has 2 N–H and O–H groups in total. The lowest BCUT2D eigenvalue weighted by molar-refractivity contribution is -0.189. The van der Waals surface area contributed by atoms with Crippen LogP contribution in [-0.2, 0) is 4.74 Å². The minimum absolute atomic E-state index is 0.478. The maximum atomic E-state index is 5.80. The van der Waals surface area contributed by atoms with Gasteiger partial charge in [-0.15, -0.1) is 0 Å². The van der Waals surface area contributed by atoms with E-state index in [-0.39, 0.29) is 0 Å².